The van der Waals surface area contributed by atoms with Crippen LogP contribution < -0.4 is 10.6 Å². The van der Waals surface area contributed by atoms with Crippen molar-refractivity contribution >= 4 is 29.3 Å². The average molecular weight is 557 g/mol. The van der Waals surface area contributed by atoms with Crippen molar-refractivity contribution in [2.24, 2.45) is 0 Å². The summed E-state index contributed by atoms with van der Waals surface area (Å²) in [5, 5.41) is 36.8. The summed E-state index contributed by atoms with van der Waals surface area (Å²) in [5.74, 6) is 0.0693. The van der Waals surface area contributed by atoms with Gasteiger partial charge in [-0.1, -0.05) is 56.9 Å². The fourth-order valence-corrected chi connectivity index (χ4v) is 6.28. The first-order chi connectivity index (χ1) is 17.8. The number of carbonyl (C=O) groups excluding carboxylic acids is 1. The van der Waals surface area contributed by atoms with E-state index in [-0.39, 0.29) is 11.8 Å². The van der Waals surface area contributed by atoms with Gasteiger partial charge >= 0.3 is 0 Å². The highest BCUT2D eigenvalue weighted by molar-refractivity contribution is 7.99. The van der Waals surface area contributed by atoms with E-state index >= 15 is 0 Å². The molecule has 1 aromatic rings. The third kappa shape index (κ3) is 8.31. The quantitative estimate of drug-likeness (QED) is 0.198. The van der Waals surface area contributed by atoms with Crippen LogP contribution in [0.25, 0.3) is 0 Å². The van der Waals surface area contributed by atoms with Crippen molar-refractivity contribution in [3.05, 3.63) is 35.4 Å². The molecule has 0 radical (unpaired) electrons. The molecule has 2 fully saturated rings. The van der Waals surface area contributed by atoms with Crippen LogP contribution in [0.3, 0.4) is 0 Å². The highest BCUT2D eigenvalue weighted by Gasteiger charge is 2.48. The van der Waals surface area contributed by atoms with E-state index in [1.807, 2.05) is 0 Å². The number of aliphatic hydroxyl groups excluding tert-OH is 3. The van der Waals surface area contributed by atoms with Crippen LogP contribution in [0.15, 0.2) is 24.3 Å². The molecule has 2 aliphatic heterocycles. The molecule has 2 aliphatic rings. The zero-order valence-electron chi connectivity index (χ0n) is 22.3. The summed E-state index contributed by atoms with van der Waals surface area (Å²) in [6.07, 6.45) is 5.93. The lowest BCUT2D eigenvalue weighted by Gasteiger charge is -2.44. The van der Waals surface area contributed by atoms with Gasteiger partial charge in [0.15, 0.2) is 0 Å². The van der Waals surface area contributed by atoms with Crippen molar-refractivity contribution in [1.29, 1.82) is 0 Å². The Labute approximate surface area is 231 Å². The third-order valence-electron chi connectivity index (χ3n) is 7.74. The Morgan fingerprint density at radius 3 is 2.49 bits per heavy atom. The minimum absolute atomic E-state index is 0.206. The predicted octanol–water partition coefficient (Wildman–Crippen LogP) is 3.32. The molecule has 9 atom stereocenters. The smallest absolute Gasteiger partial charge is 0.237 e. The van der Waals surface area contributed by atoms with Crippen molar-refractivity contribution in [3.63, 3.8) is 0 Å². The van der Waals surface area contributed by atoms with Crippen molar-refractivity contribution in [2.75, 3.05) is 12.8 Å². The third-order valence-corrected chi connectivity index (χ3v) is 8.86. The summed E-state index contributed by atoms with van der Waals surface area (Å²) in [5.41, 5.74) is 1.89. The summed E-state index contributed by atoms with van der Waals surface area (Å²) in [4.78, 5) is 13.3. The number of halogens is 1. The van der Waals surface area contributed by atoms with E-state index in [4.69, 9.17) is 16.3 Å². The van der Waals surface area contributed by atoms with Gasteiger partial charge in [0.05, 0.1) is 17.5 Å². The van der Waals surface area contributed by atoms with Gasteiger partial charge in [-0.3, -0.25) is 4.79 Å². The number of amides is 1. The zero-order chi connectivity index (χ0) is 26.9. The Balaban J connectivity index is 1.58. The second kappa shape index (κ2) is 15.1. The van der Waals surface area contributed by atoms with Crippen LogP contribution in [-0.4, -0.2) is 81.3 Å². The largest absolute Gasteiger partial charge is 0.388 e. The minimum Gasteiger partial charge on any atom is -0.388 e. The SMILES string of the molecule is CCCCCCCc1ccc([C@@H]2CCN[C@H](C(=O)NC([C@H](C)Cl)[C@H]3O[C@H](SC)[C@H](O)[C@@H](O)[C@H]3O)C2)cc1. The molecule has 1 amide bonds. The molecule has 2 heterocycles. The van der Waals surface area contributed by atoms with E-state index in [2.05, 4.69) is 41.8 Å². The fourth-order valence-electron chi connectivity index (χ4n) is 5.40. The zero-order valence-corrected chi connectivity index (χ0v) is 23.9. The molecule has 0 bridgehead atoms. The number of aliphatic hydroxyl groups is 3. The summed E-state index contributed by atoms with van der Waals surface area (Å²) in [6, 6.07) is 7.72. The number of rotatable bonds is 12. The van der Waals surface area contributed by atoms with Gasteiger partial charge in [-0.2, -0.15) is 0 Å². The average Bonchev–Trinajstić information content (AvgIpc) is 2.91. The molecule has 0 saturated carbocycles. The number of hydrogen-bond donors (Lipinski definition) is 5. The molecule has 210 valence electrons. The van der Waals surface area contributed by atoms with Gasteiger partial charge in [0.1, 0.15) is 29.9 Å². The molecular weight excluding hydrogens is 512 g/mol. The second-order valence-electron chi connectivity index (χ2n) is 10.5. The Kier molecular flexibility index (Phi) is 12.5. The second-order valence-corrected chi connectivity index (χ2v) is 12.1. The lowest BCUT2D eigenvalue weighted by Crippen LogP contribution is -2.65. The number of hydrogen-bond acceptors (Lipinski definition) is 7. The van der Waals surface area contributed by atoms with Crippen LogP contribution in [0.2, 0.25) is 0 Å². The molecule has 0 aliphatic carbocycles. The van der Waals surface area contributed by atoms with Gasteiger partial charge in [-0.25, -0.2) is 0 Å². The van der Waals surface area contributed by atoms with Crippen LogP contribution in [-0.2, 0) is 16.0 Å². The first kappa shape index (κ1) is 30.7. The lowest BCUT2D eigenvalue weighted by atomic mass is 9.85. The van der Waals surface area contributed by atoms with Gasteiger partial charge in [0, 0.05) is 0 Å². The Morgan fingerprint density at radius 2 is 1.84 bits per heavy atom. The normalized spacial score (nSPS) is 32.0. The van der Waals surface area contributed by atoms with Gasteiger partial charge in [-0.15, -0.1) is 23.4 Å². The Bertz CT molecular complexity index is 827. The lowest BCUT2D eigenvalue weighted by molar-refractivity contribution is -0.205. The van der Waals surface area contributed by atoms with Crippen molar-refractivity contribution in [1.82, 2.24) is 10.6 Å². The van der Waals surface area contributed by atoms with Gasteiger partial charge in [0.25, 0.3) is 0 Å². The standard InChI is InChI=1S/C28H45ClN2O5S/c1-4-5-6-7-8-9-18-10-12-19(13-11-18)20-14-15-30-21(16-20)27(35)31-22(17(2)29)26-24(33)23(32)25(34)28(36-26)37-3/h10-13,17,20-26,28,30,32-34H,4-9,14-16H2,1-3H3,(H,31,35)/t17-,20+,21-,22?,23-,24+,25+,26+,28+/m0/s1. The summed E-state index contributed by atoms with van der Waals surface area (Å²) in [6.45, 7) is 4.68. The molecule has 1 aromatic carbocycles. The number of benzene rings is 1. The fraction of sp³-hybridized carbons (Fsp3) is 0.750. The molecule has 1 unspecified atom stereocenters. The van der Waals surface area contributed by atoms with Crippen molar-refractivity contribution in [2.45, 2.75) is 118 Å². The molecule has 7 nitrogen and oxygen atoms in total. The van der Waals surface area contributed by atoms with Gasteiger partial charge < -0.3 is 30.7 Å². The first-order valence-corrected chi connectivity index (χ1v) is 15.5. The van der Waals surface area contributed by atoms with E-state index in [0.717, 1.165) is 19.4 Å². The van der Waals surface area contributed by atoms with Crippen molar-refractivity contribution < 1.29 is 24.9 Å². The van der Waals surface area contributed by atoms with Crippen LogP contribution in [0, 0.1) is 0 Å². The van der Waals surface area contributed by atoms with Crippen LogP contribution in [0.1, 0.15) is 75.8 Å². The summed E-state index contributed by atoms with van der Waals surface area (Å²) in [7, 11) is 0. The molecule has 9 heteroatoms. The molecule has 0 spiro atoms. The maximum atomic E-state index is 13.3. The van der Waals surface area contributed by atoms with Gasteiger partial charge in [0.2, 0.25) is 5.91 Å². The highest BCUT2D eigenvalue weighted by Crippen LogP contribution is 2.31. The number of ether oxygens (including phenoxy) is 1. The number of nitrogens with one attached hydrogen (secondary N) is 2. The molecule has 5 N–H and O–H groups in total. The number of aryl methyl sites for hydroxylation is 1. The molecule has 2 saturated heterocycles. The van der Waals surface area contributed by atoms with E-state index < -0.39 is 47.3 Å². The van der Waals surface area contributed by atoms with Crippen LogP contribution in [0.4, 0.5) is 0 Å². The van der Waals surface area contributed by atoms with Crippen LogP contribution >= 0.6 is 23.4 Å². The predicted molar refractivity (Wildman–Crippen MR) is 150 cm³/mol. The minimum atomic E-state index is -1.39. The van der Waals surface area contributed by atoms with Crippen molar-refractivity contribution in [3.8, 4) is 0 Å². The Hall–Kier alpha value is -0.870. The first-order valence-electron chi connectivity index (χ1n) is 13.8. The van der Waals surface area contributed by atoms with Gasteiger partial charge in [-0.05, 0) is 62.5 Å². The number of piperidine rings is 1. The number of thioether (sulfide) groups is 1. The topological polar surface area (TPSA) is 111 Å². The summed E-state index contributed by atoms with van der Waals surface area (Å²) < 4.78 is 5.87. The monoisotopic (exact) mass is 556 g/mol. The highest BCUT2D eigenvalue weighted by atomic mass is 35.5. The molecular formula is C28H45ClN2O5S. The maximum Gasteiger partial charge on any atom is 0.237 e. The van der Waals surface area contributed by atoms with E-state index in [9.17, 15) is 20.1 Å². The van der Waals surface area contributed by atoms with E-state index in [1.165, 1.54) is 55.0 Å². The van der Waals surface area contributed by atoms with E-state index in [0.29, 0.717) is 6.42 Å². The molecule has 0 aromatic heterocycles. The van der Waals surface area contributed by atoms with Crippen LogP contribution in [0.5, 0.6) is 0 Å². The number of alkyl halides is 1. The summed E-state index contributed by atoms with van der Waals surface area (Å²) >= 11 is 7.66. The van der Waals surface area contributed by atoms with E-state index in [1.54, 1.807) is 13.2 Å². The molecule has 3 rings (SSSR count). The number of carbonyl (C=O) groups is 1. The molecule has 37 heavy (non-hydrogen) atoms. The maximum absolute atomic E-state index is 13.3. The Morgan fingerprint density at radius 1 is 1.14 bits per heavy atom. The number of unbranched alkanes of at least 4 members (excludes halogenated alkanes) is 4.